The van der Waals surface area contributed by atoms with Crippen LogP contribution in [0, 0.1) is 0 Å². The molecular weight excluding hydrogens is 354 g/mol. The number of phenolic OH excluding ortho intramolecular Hbond substituents is 1. The maximum atomic E-state index is 12.6. The van der Waals surface area contributed by atoms with Crippen LogP contribution in [-0.4, -0.2) is 44.7 Å². The summed E-state index contributed by atoms with van der Waals surface area (Å²) in [4.78, 5) is 26.4. The van der Waals surface area contributed by atoms with E-state index in [2.05, 4.69) is 0 Å². The Morgan fingerprint density at radius 2 is 1.69 bits per heavy atom. The number of ketones is 1. The number of hydrogen-bond acceptors (Lipinski definition) is 6. The zero-order chi connectivity index (χ0) is 18.7. The van der Waals surface area contributed by atoms with Crippen molar-refractivity contribution in [2.24, 2.45) is 0 Å². The van der Waals surface area contributed by atoms with Gasteiger partial charge in [0.1, 0.15) is 16.9 Å². The maximum absolute atomic E-state index is 12.6. The third-order valence-electron chi connectivity index (χ3n) is 3.95. The molecule has 134 valence electrons. The summed E-state index contributed by atoms with van der Waals surface area (Å²) in [6.45, 7) is -0.155. The maximum Gasteiger partial charge on any atom is 0.300 e. The molecule has 3 N–H and O–H groups in total. The van der Waals surface area contributed by atoms with E-state index in [9.17, 15) is 24.9 Å². The predicted molar refractivity (Wildman–Crippen MR) is 99.9 cm³/mol. The van der Waals surface area contributed by atoms with Crippen LogP contribution in [-0.2, 0) is 9.59 Å². The molecule has 0 saturated carbocycles. The van der Waals surface area contributed by atoms with Gasteiger partial charge in [0.15, 0.2) is 0 Å². The second-order valence-corrected chi connectivity index (χ2v) is 6.76. The van der Waals surface area contributed by atoms with Gasteiger partial charge in [-0.2, -0.15) is 0 Å². The summed E-state index contributed by atoms with van der Waals surface area (Å²) in [6.07, 6.45) is 0. The van der Waals surface area contributed by atoms with Gasteiger partial charge in [-0.1, -0.05) is 42.5 Å². The van der Waals surface area contributed by atoms with Crippen LogP contribution in [0.1, 0.15) is 5.56 Å². The highest BCUT2D eigenvalue weighted by Crippen LogP contribution is 2.41. The zero-order valence-electron chi connectivity index (χ0n) is 13.7. The summed E-state index contributed by atoms with van der Waals surface area (Å²) >= 11 is 1.14. The molecule has 1 fully saturated rings. The number of thioether (sulfide) groups is 1. The number of benzene rings is 2. The van der Waals surface area contributed by atoms with Crippen molar-refractivity contribution in [1.29, 1.82) is 0 Å². The van der Waals surface area contributed by atoms with Crippen LogP contribution in [0.15, 0.2) is 60.2 Å². The first kappa shape index (κ1) is 18.0. The fourth-order valence-corrected chi connectivity index (χ4v) is 3.85. The quantitative estimate of drug-likeness (QED) is 0.424. The molecule has 1 heterocycles. The van der Waals surface area contributed by atoms with Gasteiger partial charge in [-0.15, -0.1) is 11.8 Å². The third kappa shape index (κ3) is 3.18. The number of hydrogen-bond donors (Lipinski definition) is 3. The Hall–Kier alpha value is -2.77. The molecule has 0 spiro atoms. The lowest BCUT2D eigenvalue weighted by atomic mass is 10.1. The topological polar surface area (TPSA) is 98.1 Å². The number of aromatic hydroxyl groups is 1. The number of carbonyl (C=O) groups is 2. The number of rotatable bonds is 5. The number of Topliss-reactive ketones (excluding diaryl/α,β-unsaturated/α-hetero) is 1. The summed E-state index contributed by atoms with van der Waals surface area (Å²) in [5, 5.41) is 29.1. The summed E-state index contributed by atoms with van der Waals surface area (Å²) < 4.78 is 0. The molecule has 1 amide bonds. The van der Waals surface area contributed by atoms with E-state index in [1.54, 1.807) is 42.5 Å². The van der Waals surface area contributed by atoms with Crippen LogP contribution in [0.25, 0.3) is 5.76 Å². The Kier molecular flexibility index (Phi) is 5.29. The van der Waals surface area contributed by atoms with Crippen molar-refractivity contribution in [3.63, 3.8) is 0 Å². The van der Waals surface area contributed by atoms with Crippen molar-refractivity contribution in [2.75, 3.05) is 17.3 Å². The van der Waals surface area contributed by atoms with Crippen LogP contribution in [0.3, 0.4) is 0 Å². The first-order chi connectivity index (χ1) is 12.6. The molecule has 1 unspecified atom stereocenters. The van der Waals surface area contributed by atoms with Gasteiger partial charge >= 0.3 is 5.91 Å². The van der Waals surface area contributed by atoms with Crippen molar-refractivity contribution in [2.45, 2.75) is 5.37 Å². The number of aliphatic hydroxyl groups is 2. The Morgan fingerprint density at radius 1 is 1.04 bits per heavy atom. The lowest BCUT2D eigenvalue weighted by Gasteiger charge is -2.24. The Morgan fingerprint density at radius 3 is 2.35 bits per heavy atom. The molecule has 1 saturated heterocycles. The van der Waals surface area contributed by atoms with Gasteiger partial charge in [0.2, 0.25) is 0 Å². The summed E-state index contributed by atoms with van der Waals surface area (Å²) in [6, 6.07) is 14.7. The molecule has 0 radical (unpaired) electrons. The van der Waals surface area contributed by atoms with Crippen molar-refractivity contribution in [3.05, 3.63) is 65.7 Å². The highest BCUT2D eigenvalue weighted by molar-refractivity contribution is 8.00. The molecule has 3 rings (SSSR count). The summed E-state index contributed by atoms with van der Waals surface area (Å²) in [5.74, 6) is -1.84. The molecule has 7 heteroatoms. The Bertz CT molecular complexity index is 865. The van der Waals surface area contributed by atoms with E-state index in [0.717, 1.165) is 16.7 Å². The number of phenols is 1. The van der Waals surface area contributed by atoms with Crippen molar-refractivity contribution in [3.8, 4) is 5.75 Å². The molecule has 1 aliphatic rings. The Labute approximate surface area is 154 Å². The van der Waals surface area contributed by atoms with Crippen molar-refractivity contribution in [1.82, 2.24) is 0 Å². The average Bonchev–Trinajstić information content (AvgIpc) is 2.91. The van der Waals surface area contributed by atoms with Gasteiger partial charge in [0.05, 0.1) is 17.9 Å². The van der Waals surface area contributed by atoms with Crippen LogP contribution >= 0.6 is 11.8 Å². The fraction of sp³-hybridized carbons (Fsp3) is 0.158. The largest absolute Gasteiger partial charge is 0.507 e. The van der Waals surface area contributed by atoms with E-state index in [4.69, 9.17) is 0 Å². The van der Waals surface area contributed by atoms with Gasteiger partial charge in [-0.05, 0) is 12.1 Å². The number of carbonyl (C=O) groups excluding carboxylic acids is 2. The zero-order valence-corrected chi connectivity index (χ0v) is 14.5. The van der Waals surface area contributed by atoms with E-state index in [1.807, 2.05) is 0 Å². The minimum Gasteiger partial charge on any atom is -0.507 e. The standard InChI is InChI=1S/C19H17NO5S/c21-10-11-26-19-15(16(23)12-6-2-1-3-7-12)17(24)18(25)20(19)13-8-4-5-9-14(13)22/h1-9,19,21-23H,10-11H2/b16-15+. The second kappa shape index (κ2) is 7.63. The monoisotopic (exact) mass is 371 g/mol. The number of para-hydroxylation sites is 2. The lowest BCUT2D eigenvalue weighted by Crippen LogP contribution is -2.32. The first-order valence-electron chi connectivity index (χ1n) is 7.93. The van der Waals surface area contributed by atoms with Gasteiger partial charge in [-0.25, -0.2) is 0 Å². The number of aliphatic hydroxyl groups excluding tert-OH is 2. The molecule has 1 atom stereocenters. The van der Waals surface area contributed by atoms with Crippen LogP contribution < -0.4 is 4.90 Å². The van der Waals surface area contributed by atoms with Gasteiger partial charge in [0, 0.05) is 11.3 Å². The second-order valence-electron chi connectivity index (χ2n) is 5.57. The van der Waals surface area contributed by atoms with Gasteiger partial charge in [-0.3, -0.25) is 14.5 Å². The average molecular weight is 371 g/mol. The summed E-state index contributed by atoms with van der Waals surface area (Å²) in [7, 11) is 0. The normalized spacial score (nSPS) is 19.1. The lowest BCUT2D eigenvalue weighted by molar-refractivity contribution is -0.132. The van der Waals surface area contributed by atoms with E-state index < -0.39 is 17.1 Å². The molecule has 26 heavy (non-hydrogen) atoms. The summed E-state index contributed by atoms with van der Waals surface area (Å²) in [5.41, 5.74) is 0.539. The minimum atomic E-state index is -0.851. The van der Waals surface area contributed by atoms with Crippen molar-refractivity contribution < 1.29 is 24.9 Å². The molecule has 2 aromatic rings. The highest BCUT2D eigenvalue weighted by atomic mass is 32.2. The first-order valence-corrected chi connectivity index (χ1v) is 8.98. The molecular formula is C19H17NO5S. The molecule has 0 aliphatic carbocycles. The number of nitrogens with zero attached hydrogens (tertiary/aromatic N) is 1. The fourth-order valence-electron chi connectivity index (χ4n) is 2.77. The SMILES string of the molecule is O=C1C(=O)N(c2ccccc2O)C(SCCO)/C1=C(/O)c1ccccc1. The van der Waals surface area contributed by atoms with Crippen molar-refractivity contribution >= 4 is 34.9 Å². The number of amides is 1. The van der Waals surface area contributed by atoms with E-state index >= 15 is 0 Å². The van der Waals surface area contributed by atoms with E-state index in [0.29, 0.717) is 5.56 Å². The van der Waals surface area contributed by atoms with Crippen LogP contribution in [0.2, 0.25) is 0 Å². The predicted octanol–water partition coefficient (Wildman–Crippen LogP) is 2.33. The minimum absolute atomic E-state index is 0.0529. The van der Waals surface area contributed by atoms with E-state index in [1.165, 1.54) is 12.1 Å². The third-order valence-corrected chi connectivity index (χ3v) is 5.13. The van der Waals surface area contributed by atoms with Gasteiger partial charge < -0.3 is 15.3 Å². The molecule has 0 aromatic heterocycles. The van der Waals surface area contributed by atoms with Crippen LogP contribution in [0.5, 0.6) is 5.75 Å². The molecule has 6 nitrogen and oxygen atoms in total. The smallest absolute Gasteiger partial charge is 0.300 e. The highest BCUT2D eigenvalue weighted by Gasteiger charge is 2.47. The Balaban J connectivity index is 2.14. The molecule has 1 aliphatic heterocycles. The van der Waals surface area contributed by atoms with Gasteiger partial charge in [0.25, 0.3) is 5.78 Å². The van der Waals surface area contributed by atoms with Crippen LogP contribution in [0.4, 0.5) is 5.69 Å². The molecule has 0 bridgehead atoms. The molecule has 2 aromatic carbocycles. The number of anilines is 1. The van der Waals surface area contributed by atoms with E-state index in [-0.39, 0.29) is 35.1 Å².